The van der Waals surface area contributed by atoms with Gasteiger partial charge in [-0.05, 0) is 38.1 Å². The van der Waals surface area contributed by atoms with Crippen LogP contribution in [0.3, 0.4) is 0 Å². The standard InChI is InChI=1S/C12H18N2S/c1-14-7-3-5-12(14)10-15-9-11-4-2-6-13-8-11/h2,4,6,8,12H,3,5,7,9-10H2,1H3/t12-/m1/s1. The van der Waals surface area contributed by atoms with Crippen LogP contribution in [0, 0.1) is 0 Å². The van der Waals surface area contributed by atoms with E-state index in [1.165, 1.54) is 30.7 Å². The van der Waals surface area contributed by atoms with Gasteiger partial charge in [0.25, 0.3) is 0 Å². The highest BCUT2D eigenvalue weighted by Gasteiger charge is 2.20. The van der Waals surface area contributed by atoms with Gasteiger partial charge < -0.3 is 4.90 Å². The van der Waals surface area contributed by atoms with E-state index in [0.29, 0.717) is 0 Å². The molecule has 1 aromatic rings. The van der Waals surface area contributed by atoms with Gasteiger partial charge in [0.1, 0.15) is 0 Å². The van der Waals surface area contributed by atoms with Gasteiger partial charge in [0.05, 0.1) is 0 Å². The Bertz CT molecular complexity index is 289. The van der Waals surface area contributed by atoms with Crippen molar-refractivity contribution in [1.29, 1.82) is 0 Å². The van der Waals surface area contributed by atoms with Crippen LogP contribution in [0.4, 0.5) is 0 Å². The second-order valence-corrected chi connectivity index (χ2v) is 5.18. The van der Waals surface area contributed by atoms with E-state index in [4.69, 9.17) is 0 Å². The molecule has 3 heteroatoms. The third-order valence-corrected chi connectivity index (χ3v) is 4.13. The fourth-order valence-corrected chi connectivity index (χ4v) is 3.20. The molecule has 1 saturated heterocycles. The van der Waals surface area contributed by atoms with Crippen molar-refractivity contribution in [1.82, 2.24) is 9.88 Å². The summed E-state index contributed by atoms with van der Waals surface area (Å²) < 4.78 is 0. The number of thioether (sulfide) groups is 1. The van der Waals surface area contributed by atoms with E-state index in [-0.39, 0.29) is 0 Å². The largest absolute Gasteiger partial charge is 0.303 e. The zero-order valence-corrected chi connectivity index (χ0v) is 10.0. The molecule has 0 N–H and O–H groups in total. The van der Waals surface area contributed by atoms with Crippen molar-refractivity contribution in [2.45, 2.75) is 24.6 Å². The van der Waals surface area contributed by atoms with Crippen LogP contribution >= 0.6 is 11.8 Å². The molecule has 0 amide bonds. The highest BCUT2D eigenvalue weighted by Crippen LogP contribution is 2.21. The van der Waals surface area contributed by atoms with Crippen molar-refractivity contribution in [2.24, 2.45) is 0 Å². The molecule has 0 unspecified atom stereocenters. The van der Waals surface area contributed by atoms with Gasteiger partial charge in [-0.25, -0.2) is 0 Å². The lowest BCUT2D eigenvalue weighted by Gasteiger charge is -2.18. The van der Waals surface area contributed by atoms with E-state index in [1.54, 1.807) is 0 Å². The second-order valence-electron chi connectivity index (χ2n) is 4.15. The summed E-state index contributed by atoms with van der Waals surface area (Å²) in [5, 5.41) is 0. The highest BCUT2D eigenvalue weighted by atomic mass is 32.2. The van der Waals surface area contributed by atoms with Gasteiger partial charge in [-0.15, -0.1) is 0 Å². The number of hydrogen-bond donors (Lipinski definition) is 0. The molecule has 2 nitrogen and oxygen atoms in total. The van der Waals surface area contributed by atoms with Crippen LogP contribution < -0.4 is 0 Å². The fourth-order valence-electron chi connectivity index (χ4n) is 1.99. The third-order valence-electron chi connectivity index (χ3n) is 2.97. The normalized spacial score (nSPS) is 22.1. The molecule has 0 aliphatic carbocycles. The predicted octanol–water partition coefficient (Wildman–Crippen LogP) is 2.41. The molecule has 1 aromatic heterocycles. The van der Waals surface area contributed by atoms with Gasteiger partial charge in [0.2, 0.25) is 0 Å². The number of hydrogen-bond acceptors (Lipinski definition) is 3. The average molecular weight is 222 g/mol. The van der Waals surface area contributed by atoms with Gasteiger partial charge in [-0.1, -0.05) is 6.07 Å². The van der Waals surface area contributed by atoms with Crippen molar-refractivity contribution < 1.29 is 0 Å². The van der Waals surface area contributed by atoms with E-state index >= 15 is 0 Å². The Hall–Kier alpha value is -0.540. The Balaban J connectivity index is 1.71. The smallest absolute Gasteiger partial charge is 0.0308 e. The van der Waals surface area contributed by atoms with Crippen molar-refractivity contribution >= 4 is 11.8 Å². The molecule has 2 rings (SSSR count). The first-order valence-corrected chi connectivity index (χ1v) is 6.68. The Morgan fingerprint density at radius 3 is 3.20 bits per heavy atom. The van der Waals surface area contributed by atoms with E-state index in [9.17, 15) is 0 Å². The molecule has 0 bridgehead atoms. The van der Waals surface area contributed by atoms with E-state index in [2.05, 4.69) is 23.0 Å². The van der Waals surface area contributed by atoms with Gasteiger partial charge in [0.15, 0.2) is 0 Å². The maximum atomic E-state index is 4.13. The van der Waals surface area contributed by atoms with Gasteiger partial charge in [-0.2, -0.15) is 11.8 Å². The maximum absolute atomic E-state index is 4.13. The summed E-state index contributed by atoms with van der Waals surface area (Å²) in [4.78, 5) is 6.61. The monoisotopic (exact) mass is 222 g/mol. The van der Waals surface area contributed by atoms with E-state index < -0.39 is 0 Å². The molecule has 1 aliphatic rings. The Labute approximate surface area is 96.1 Å². The van der Waals surface area contributed by atoms with E-state index in [1.807, 2.05) is 30.2 Å². The minimum Gasteiger partial charge on any atom is -0.303 e. The van der Waals surface area contributed by atoms with Crippen molar-refractivity contribution in [3.05, 3.63) is 30.1 Å². The summed E-state index contributed by atoms with van der Waals surface area (Å²) in [6.07, 6.45) is 6.54. The van der Waals surface area contributed by atoms with Crippen molar-refractivity contribution in [3.63, 3.8) is 0 Å². The number of likely N-dealkylation sites (tertiary alicyclic amines) is 1. The zero-order valence-electron chi connectivity index (χ0n) is 9.22. The number of rotatable bonds is 4. The van der Waals surface area contributed by atoms with Gasteiger partial charge in [0, 0.05) is 29.9 Å². The third kappa shape index (κ3) is 3.21. The topological polar surface area (TPSA) is 16.1 Å². The summed E-state index contributed by atoms with van der Waals surface area (Å²) in [5.74, 6) is 2.35. The highest BCUT2D eigenvalue weighted by molar-refractivity contribution is 7.98. The molecule has 1 fully saturated rings. The molecule has 82 valence electrons. The minimum atomic E-state index is 0.798. The summed E-state index contributed by atoms with van der Waals surface area (Å²) in [6, 6.07) is 4.96. The van der Waals surface area contributed by atoms with Gasteiger partial charge >= 0.3 is 0 Å². The van der Waals surface area contributed by atoms with Crippen molar-refractivity contribution in [3.8, 4) is 0 Å². The Morgan fingerprint density at radius 2 is 2.53 bits per heavy atom. The zero-order chi connectivity index (χ0) is 10.5. The lowest BCUT2D eigenvalue weighted by atomic mass is 10.2. The van der Waals surface area contributed by atoms with Crippen LogP contribution in [0.25, 0.3) is 0 Å². The molecule has 1 atom stereocenters. The number of aromatic nitrogens is 1. The van der Waals surface area contributed by atoms with Crippen LogP contribution in [0.15, 0.2) is 24.5 Å². The van der Waals surface area contributed by atoms with Gasteiger partial charge in [-0.3, -0.25) is 4.98 Å². The van der Waals surface area contributed by atoms with E-state index in [0.717, 1.165) is 11.8 Å². The second kappa shape index (κ2) is 5.52. The maximum Gasteiger partial charge on any atom is 0.0308 e. The molecule has 0 saturated carbocycles. The van der Waals surface area contributed by atoms with Crippen LogP contribution in [0.5, 0.6) is 0 Å². The molecule has 15 heavy (non-hydrogen) atoms. The van der Waals surface area contributed by atoms with Crippen LogP contribution in [0.1, 0.15) is 18.4 Å². The van der Waals surface area contributed by atoms with Crippen LogP contribution in [0.2, 0.25) is 0 Å². The summed E-state index contributed by atoms with van der Waals surface area (Å²) in [7, 11) is 2.24. The Kier molecular flexibility index (Phi) is 4.03. The number of pyridine rings is 1. The first-order chi connectivity index (χ1) is 7.36. The molecule has 0 aromatic carbocycles. The molecule has 1 aliphatic heterocycles. The average Bonchev–Trinajstić information content (AvgIpc) is 2.66. The van der Waals surface area contributed by atoms with Crippen LogP contribution in [-0.4, -0.2) is 35.3 Å². The SMILES string of the molecule is CN1CCC[C@@H]1CSCc1cccnc1. The molecule has 0 spiro atoms. The molecule has 0 radical (unpaired) electrons. The fraction of sp³-hybridized carbons (Fsp3) is 0.583. The van der Waals surface area contributed by atoms with Crippen LogP contribution in [-0.2, 0) is 5.75 Å². The summed E-state index contributed by atoms with van der Waals surface area (Å²) in [6.45, 7) is 1.28. The Morgan fingerprint density at radius 1 is 1.60 bits per heavy atom. The molecular weight excluding hydrogens is 204 g/mol. The predicted molar refractivity (Wildman–Crippen MR) is 66.1 cm³/mol. The van der Waals surface area contributed by atoms with Crippen molar-refractivity contribution in [2.75, 3.05) is 19.3 Å². The summed E-state index contributed by atoms with van der Waals surface area (Å²) >= 11 is 2.03. The quantitative estimate of drug-likeness (QED) is 0.778. The molecule has 2 heterocycles. The number of nitrogens with zero attached hydrogens (tertiary/aromatic N) is 2. The summed E-state index contributed by atoms with van der Waals surface area (Å²) in [5.41, 5.74) is 1.34. The first kappa shape index (κ1) is 11.0. The molecular formula is C12H18N2S. The minimum absolute atomic E-state index is 0.798. The lowest BCUT2D eigenvalue weighted by Crippen LogP contribution is -2.26. The lowest BCUT2D eigenvalue weighted by molar-refractivity contribution is 0.335. The first-order valence-electron chi connectivity index (χ1n) is 5.53.